The van der Waals surface area contributed by atoms with Crippen LogP contribution in [0, 0.1) is 11.8 Å². The van der Waals surface area contributed by atoms with Crippen molar-refractivity contribution in [1.29, 1.82) is 0 Å². The van der Waals surface area contributed by atoms with Crippen molar-refractivity contribution < 1.29 is 19.0 Å². The normalized spacial score (nSPS) is 27.7. The number of ether oxygens (including phenoxy) is 3. The molecule has 2 bridgehead atoms. The highest BCUT2D eigenvalue weighted by Gasteiger charge is 2.58. The van der Waals surface area contributed by atoms with Crippen LogP contribution in [-0.2, 0) is 20.8 Å². The Hall–Kier alpha value is -1.63. The standard InChI is InChI=1S/C21H30N2O4/c1-20(2,3)27-19(24)23-14-17-12-22(11-16-7-5-4-6-8-16)13-18(15-23)21(17)25-9-10-26-21/h4-8,17-18H,9-15H2,1-3H3. The molecule has 0 saturated carbocycles. The van der Waals surface area contributed by atoms with E-state index in [1.54, 1.807) is 0 Å². The molecule has 1 aromatic carbocycles. The van der Waals surface area contributed by atoms with E-state index in [1.165, 1.54) is 5.56 Å². The van der Waals surface area contributed by atoms with Gasteiger partial charge in [-0.3, -0.25) is 4.90 Å². The number of piperidine rings is 2. The molecule has 3 heterocycles. The summed E-state index contributed by atoms with van der Waals surface area (Å²) < 4.78 is 17.9. The van der Waals surface area contributed by atoms with E-state index < -0.39 is 11.4 Å². The zero-order chi connectivity index (χ0) is 19.1. The van der Waals surface area contributed by atoms with Gasteiger partial charge in [0.25, 0.3) is 0 Å². The quantitative estimate of drug-likeness (QED) is 0.797. The number of nitrogens with zero attached hydrogens (tertiary/aromatic N) is 2. The van der Waals surface area contributed by atoms with Crippen LogP contribution in [-0.4, -0.2) is 66.7 Å². The summed E-state index contributed by atoms with van der Waals surface area (Å²) in [5.41, 5.74) is 0.824. The van der Waals surface area contributed by atoms with Crippen LogP contribution < -0.4 is 0 Å². The van der Waals surface area contributed by atoms with Crippen LogP contribution in [0.5, 0.6) is 0 Å². The lowest BCUT2D eigenvalue weighted by molar-refractivity contribution is -0.275. The van der Waals surface area contributed by atoms with Gasteiger partial charge in [-0.2, -0.15) is 0 Å². The molecule has 1 aromatic rings. The Morgan fingerprint density at radius 1 is 1.07 bits per heavy atom. The fourth-order valence-corrected chi connectivity index (χ4v) is 4.62. The van der Waals surface area contributed by atoms with E-state index in [9.17, 15) is 4.79 Å². The van der Waals surface area contributed by atoms with E-state index in [2.05, 4.69) is 29.2 Å². The number of hydrogen-bond acceptors (Lipinski definition) is 5. The first kappa shape index (κ1) is 18.7. The Morgan fingerprint density at radius 3 is 2.22 bits per heavy atom. The van der Waals surface area contributed by atoms with Gasteiger partial charge >= 0.3 is 6.09 Å². The van der Waals surface area contributed by atoms with Crippen LogP contribution in [0.2, 0.25) is 0 Å². The monoisotopic (exact) mass is 374 g/mol. The van der Waals surface area contributed by atoms with Crippen LogP contribution in [0.3, 0.4) is 0 Å². The largest absolute Gasteiger partial charge is 0.444 e. The zero-order valence-electron chi connectivity index (χ0n) is 16.5. The first-order chi connectivity index (χ1) is 12.9. The first-order valence-corrected chi connectivity index (χ1v) is 9.88. The maximum absolute atomic E-state index is 12.6. The van der Waals surface area contributed by atoms with E-state index in [4.69, 9.17) is 14.2 Å². The summed E-state index contributed by atoms with van der Waals surface area (Å²) in [6.07, 6.45) is -0.234. The van der Waals surface area contributed by atoms with Gasteiger partial charge in [0.15, 0.2) is 5.79 Å². The number of carbonyl (C=O) groups excluding carboxylic acids is 1. The minimum Gasteiger partial charge on any atom is -0.444 e. The average Bonchev–Trinajstić information content (AvgIpc) is 3.05. The van der Waals surface area contributed by atoms with Gasteiger partial charge in [0.05, 0.1) is 13.2 Å². The van der Waals surface area contributed by atoms with Crippen LogP contribution in [0.25, 0.3) is 0 Å². The molecule has 6 heteroatoms. The predicted molar refractivity (Wildman–Crippen MR) is 101 cm³/mol. The Balaban J connectivity index is 1.49. The van der Waals surface area contributed by atoms with E-state index in [-0.39, 0.29) is 17.9 Å². The molecule has 148 valence electrons. The summed E-state index contributed by atoms with van der Waals surface area (Å²) in [5.74, 6) is -0.279. The molecule has 3 saturated heterocycles. The van der Waals surface area contributed by atoms with Crippen molar-refractivity contribution in [3.63, 3.8) is 0 Å². The van der Waals surface area contributed by atoms with Gasteiger partial charge < -0.3 is 19.1 Å². The van der Waals surface area contributed by atoms with Gasteiger partial charge in [0.2, 0.25) is 0 Å². The van der Waals surface area contributed by atoms with Crippen LogP contribution in [0.15, 0.2) is 30.3 Å². The maximum Gasteiger partial charge on any atom is 0.410 e. The summed E-state index contributed by atoms with van der Waals surface area (Å²) in [6, 6.07) is 10.5. The third-order valence-corrected chi connectivity index (χ3v) is 5.62. The van der Waals surface area contributed by atoms with Crippen molar-refractivity contribution in [2.45, 2.75) is 38.7 Å². The molecule has 1 spiro atoms. The summed E-state index contributed by atoms with van der Waals surface area (Å²) in [4.78, 5) is 16.9. The topological polar surface area (TPSA) is 51.2 Å². The second kappa shape index (κ2) is 7.08. The van der Waals surface area contributed by atoms with Gasteiger partial charge in [0, 0.05) is 44.6 Å². The highest BCUT2D eigenvalue weighted by atomic mass is 16.7. The molecule has 27 heavy (non-hydrogen) atoms. The number of benzene rings is 1. The molecule has 1 amide bonds. The molecule has 3 aliphatic heterocycles. The molecule has 0 N–H and O–H groups in total. The molecule has 0 radical (unpaired) electrons. The fourth-order valence-electron chi connectivity index (χ4n) is 4.62. The Morgan fingerprint density at radius 2 is 1.67 bits per heavy atom. The molecule has 0 aromatic heterocycles. The van der Waals surface area contributed by atoms with Crippen molar-refractivity contribution in [3.8, 4) is 0 Å². The lowest BCUT2D eigenvalue weighted by Crippen LogP contribution is -2.68. The minimum absolute atomic E-state index is 0.128. The molecule has 2 atom stereocenters. The van der Waals surface area contributed by atoms with Gasteiger partial charge in [-0.05, 0) is 26.3 Å². The van der Waals surface area contributed by atoms with E-state index in [1.807, 2.05) is 31.7 Å². The average molecular weight is 374 g/mol. The smallest absolute Gasteiger partial charge is 0.410 e. The van der Waals surface area contributed by atoms with Crippen molar-refractivity contribution in [1.82, 2.24) is 9.80 Å². The summed E-state index contributed by atoms with van der Waals surface area (Å²) in [6.45, 7) is 10.8. The first-order valence-electron chi connectivity index (χ1n) is 9.88. The minimum atomic E-state index is -0.536. The van der Waals surface area contributed by atoms with Crippen molar-refractivity contribution in [2.24, 2.45) is 11.8 Å². The number of likely N-dealkylation sites (tertiary alicyclic amines) is 2. The molecular weight excluding hydrogens is 344 g/mol. The van der Waals surface area contributed by atoms with Gasteiger partial charge in [-0.1, -0.05) is 30.3 Å². The van der Waals surface area contributed by atoms with Crippen molar-refractivity contribution in [3.05, 3.63) is 35.9 Å². The highest BCUT2D eigenvalue weighted by Crippen LogP contribution is 2.44. The SMILES string of the molecule is CC(C)(C)OC(=O)N1CC2CN(Cc3ccccc3)CC(C1)C21OCCO1. The summed E-state index contributed by atoms with van der Waals surface area (Å²) in [5, 5.41) is 0. The Kier molecular flexibility index (Phi) is 4.91. The zero-order valence-corrected chi connectivity index (χ0v) is 16.5. The van der Waals surface area contributed by atoms with E-state index in [0.29, 0.717) is 26.3 Å². The van der Waals surface area contributed by atoms with Gasteiger partial charge in [-0.15, -0.1) is 0 Å². The lowest BCUT2D eigenvalue weighted by Gasteiger charge is -2.54. The fraction of sp³-hybridized carbons (Fsp3) is 0.667. The number of hydrogen-bond donors (Lipinski definition) is 0. The molecule has 6 nitrogen and oxygen atoms in total. The van der Waals surface area contributed by atoms with Gasteiger partial charge in [0.1, 0.15) is 5.60 Å². The second-order valence-corrected chi connectivity index (χ2v) is 8.88. The van der Waals surface area contributed by atoms with Crippen molar-refractivity contribution in [2.75, 3.05) is 39.4 Å². The Labute approximate surface area is 161 Å². The third kappa shape index (κ3) is 3.84. The molecule has 4 rings (SSSR count). The van der Waals surface area contributed by atoms with Crippen molar-refractivity contribution >= 4 is 6.09 Å². The molecular formula is C21H30N2O4. The van der Waals surface area contributed by atoms with Gasteiger partial charge in [-0.25, -0.2) is 4.79 Å². The Bertz CT molecular complexity index is 649. The number of carbonyl (C=O) groups is 1. The molecule has 3 aliphatic rings. The number of rotatable bonds is 2. The summed E-state index contributed by atoms with van der Waals surface area (Å²) in [7, 11) is 0. The van der Waals surface area contributed by atoms with E-state index in [0.717, 1.165) is 19.6 Å². The third-order valence-electron chi connectivity index (χ3n) is 5.62. The predicted octanol–water partition coefficient (Wildman–Crippen LogP) is 2.73. The molecule has 2 unspecified atom stereocenters. The van der Waals surface area contributed by atoms with E-state index >= 15 is 0 Å². The lowest BCUT2D eigenvalue weighted by atomic mass is 9.78. The molecule has 3 fully saturated rings. The number of amides is 1. The maximum atomic E-state index is 12.6. The van der Waals surface area contributed by atoms with Crippen LogP contribution in [0.4, 0.5) is 4.79 Å². The molecule has 0 aliphatic carbocycles. The summed E-state index contributed by atoms with van der Waals surface area (Å²) >= 11 is 0. The van der Waals surface area contributed by atoms with Crippen LogP contribution in [0.1, 0.15) is 26.3 Å². The highest BCUT2D eigenvalue weighted by molar-refractivity contribution is 5.68. The van der Waals surface area contributed by atoms with Crippen LogP contribution >= 0.6 is 0 Å². The second-order valence-electron chi connectivity index (χ2n) is 8.88.